The van der Waals surface area contributed by atoms with Crippen molar-refractivity contribution in [2.75, 3.05) is 26.7 Å². The quantitative estimate of drug-likeness (QED) is 0.500. The largest absolute Gasteiger partial charge is 0.492 e. The topological polar surface area (TPSA) is 75.7 Å². The van der Waals surface area contributed by atoms with Crippen molar-refractivity contribution >= 4 is 27.3 Å². The molecule has 0 atom stereocenters. The van der Waals surface area contributed by atoms with E-state index in [4.69, 9.17) is 4.74 Å². The van der Waals surface area contributed by atoms with Crippen molar-refractivity contribution in [2.45, 2.75) is 11.3 Å². The summed E-state index contributed by atoms with van der Waals surface area (Å²) in [6, 6.07) is 15.4. The standard InChI is InChI=1S/C22H23FN2O4S2/c1-25(14-15-29-19-8-6-18(23)7-9-19)22(26)17-4-10-21(11-5-17)31(27,28)24-13-12-20-3-2-16-30-20/h2-11,16,24H,12-15H2,1H3. The lowest BCUT2D eigenvalue weighted by Gasteiger charge is -2.18. The minimum absolute atomic E-state index is 0.109. The smallest absolute Gasteiger partial charge is 0.253 e. The Morgan fingerprint density at radius 1 is 1.10 bits per heavy atom. The number of thiophene rings is 1. The third kappa shape index (κ3) is 6.61. The van der Waals surface area contributed by atoms with E-state index < -0.39 is 10.0 Å². The van der Waals surface area contributed by atoms with Gasteiger partial charge in [0.2, 0.25) is 10.0 Å². The van der Waals surface area contributed by atoms with Crippen LogP contribution in [0.5, 0.6) is 5.75 Å². The van der Waals surface area contributed by atoms with Crippen LogP contribution < -0.4 is 9.46 Å². The van der Waals surface area contributed by atoms with Crippen molar-refractivity contribution in [3.8, 4) is 5.75 Å². The Labute approximate surface area is 185 Å². The predicted octanol–water partition coefficient (Wildman–Crippen LogP) is 3.56. The van der Waals surface area contributed by atoms with Crippen molar-refractivity contribution in [1.82, 2.24) is 9.62 Å². The van der Waals surface area contributed by atoms with E-state index in [1.54, 1.807) is 18.4 Å². The molecule has 3 aromatic rings. The lowest BCUT2D eigenvalue weighted by Crippen LogP contribution is -2.31. The molecule has 0 bridgehead atoms. The highest BCUT2D eigenvalue weighted by Crippen LogP contribution is 2.14. The summed E-state index contributed by atoms with van der Waals surface area (Å²) in [5.41, 5.74) is 0.377. The van der Waals surface area contributed by atoms with Gasteiger partial charge in [0.1, 0.15) is 18.2 Å². The molecular formula is C22H23FN2O4S2. The van der Waals surface area contributed by atoms with Crippen LogP contribution in [-0.2, 0) is 16.4 Å². The van der Waals surface area contributed by atoms with Gasteiger partial charge in [0.15, 0.2) is 0 Å². The molecule has 0 aliphatic rings. The van der Waals surface area contributed by atoms with E-state index in [1.807, 2.05) is 17.5 Å². The van der Waals surface area contributed by atoms with Crippen LogP contribution in [0.1, 0.15) is 15.2 Å². The fraction of sp³-hybridized carbons (Fsp3) is 0.227. The highest BCUT2D eigenvalue weighted by Gasteiger charge is 2.16. The summed E-state index contributed by atoms with van der Waals surface area (Å²) >= 11 is 1.58. The molecule has 2 aromatic carbocycles. The highest BCUT2D eigenvalue weighted by molar-refractivity contribution is 7.89. The lowest BCUT2D eigenvalue weighted by molar-refractivity contribution is 0.0773. The number of ether oxygens (including phenoxy) is 1. The Morgan fingerprint density at radius 3 is 2.45 bits per heavy atom. The number of amides is 1. The third-order valence-electron chi connectivity index (χ3n) is 4.51. The van der Waals surface area contributed by atoms with Crippen LogP contribution in [-0.4, -0.2) is 46.0 Å². The molecule has 0 saturated carbocycles. The van der Waals surface area contributed by atoms with Crippen LogP contribution in [0, 0.1) is 5.82 Å². The first-order valence-corrected chi connectivity index (χ1v) is 12.0. The van der Waals surface area contributed by atoms with E-state index in [9.17, 15) is 17.6 Å². The maximum Gasteiger partial charge on any atom is 0.253 e. The number of likely N-dealkylation sites (N-methyl/N-ethyl adjacent to an activating group) is 1. The van der Waals surface area contributed by atoms with Crippen molar-refractivity contribution in [3.05, 3.63) is 82.3 Å². The maximum atomic E-state index is 12.9. The Kier molecular flexibility index (Phi) is 7.78. The van der Waals surface area contributed by atoms with Gasteiger partial charge in [-0.05, 0) is 66.4 Å². The molecule has 1 aromatic heterocycles. The molecular weight excluding hydrogens is 439 g/mol. The molecule has 0 aliphatic heterocycles. The van der Waals surface area contributed by atoms with Gasteiger partial charge in [0.05, 0.1) is 11.4 Å². The number of halogens is 1. The van der Waals surface area contributed by atoms with Gasteiger partial charge in [-0.2, -0.15) is 0 Å². The zero-order valence-corrected chi connectivity index (χ0v) is 18.6. The molecule has 0 radical (unpaired) electrons. The molecule has 0 saturated heterocycles. The van der Waals surface area contributed by atoms with Crippen LogP contribution >= 0.6 is 11.3 Å². The number of sulfonamides is 1. The number of benzene rings is 2. The van der Waals surface area contributed by atoms with Gasteiger partial charge in [0, 0.05) is 24.0 Å². The summed E-state index contributed by atoms with van der Waals surface area (Å²) in [7, 11) is -2.01. The average Bonchev–Trinajstić information content (AvgIpc) is 3.28. The van der Waals surface area contributed by atoms with Crippen molar-refractivity contribution < 1.29 is 22.3 Å². The van der Waals surface area contributed by atoms with Gasteiger partial charge in [-0.15, -0.1) is 11.3 Å². The molecule has 0 unspecified atom stereocenters. The van der Waals surface area contributed by atoms with E-state index in [1.165, 1.54) is 53.4 Å². The minimum atomic E-state index is -3.64. The number of carbonyl (C=O) groups excluding carboxylic acids is 1. The summed E-state index contributed by atoms with van der Waals surface area (Å²) in [6.45, 7) is 0.870. The lowest BCUT2D eigenvalue weighted by atomic mass is 10.2. The van der Waals surface area contributed by atoms with E-state index in [0.29, 0.717) is 30.8 Å². The fourth-order valence-corrected chi connectivity index (χ4v) is 4.52. The number of nitrogens with one attached hydrogen (secondary N) is 1. The molecule has 0 fully saturated rings. The van der Waals surface area contributed by atoms with Gasteiger partial charge in [-0.25, -0.2) is 17.5 Å². The minimum Gasteiger partial charge on any atom is -0.492 e. The second kappa shape index (κ2) is 10.5. The van der Waals surface area contributed by atoms with Crippen molar-refractivity contribution in [2.24, 2.45) is 0 Å². The van der Waals surface area contributed by atoms with Crippen molar-refractivity contribution in [1.29, 1.82) is 0 Å². The molecule has 9 heteroatoms. The van der Waals surface area contributed by atoms with Gasteiger partial charge in [-0.1, -0.05) is 6.07 Å². The summed E-state index contributed by atoms with van der Waals surface area (Å²) < 4.78 is 45.8. The molecule has 0 spiro atoms. The normalized spacial score (nSPS) is 11.3. The molecule has 6 nitrogen and oxygen atoms in total. The second-order valence-corrected chi connectivity index (χ2v) is 9.58. The van der Waals surface area contributed by atoms with Crippen molar-refractivity contribution in [3.63, 3.8) is 0 Å². The number of rotatable bonds is 10. The number of hydrogen-bond donors (Lipinski definition) is 1. The number of nitrogens with zero attached hydrogens (tertiary/aromatic N) is 1. The van der Waals surface area contributed by atoms with Crippen LogP contribution in [0.3, 0.4) is 0 Å². The average molecular weight is 463 g/mol. The van der Waals surface area contributed by atoms with Crippen LogP contribution in [0.25, 0.3) is 0 Å². The first kappa shape index (κ1) is 22.9. The molecule has 0 aliphatic carbocycles. The molecule has 31 heavy (non-hydrogen) atoms. The first-order chi connectivity index (χ1) is 14.8. The number of carbonyl (C=O) groups is 1. The third-order valence-corrected chi connectivity index (χ3v) is 6.92. The zero-order chi connectivity index (χ0) is 22.3. The Hall–Kier alpha value is -2.75. The highest BCUT2D eigenvalue weighted by atomic mass is 32.2. The molecule has 1 N–H and O–H groups in total. The fourth-order valence-electron chi connectivity index (χ4n) is 2.78. The van der Waals surface area contributed by atoms with Crippen LogP contribution in [0.15, 0.2) is 70.9 Å². The Bertz CT molecular complexity index is 1080. The van der Waals surface area contributed by atoms with E-state index in [2.05, 4.69) is 4.72 Å². The van der Waals surface area contributed by atoms with Gasteiger partial charge in [-0.3, -0.25) is 4.79 Å². The van der Waals surface area contributed by atoms with E-state index >= 15 is 0 Å². The summed E-state index contributed by atoms with van der Waals surface area (Å²) in [5.74, 6) is -0.0801. The Balaban J connectivity index is 1.50. The Morgan fingerprint density at radius 2 is 1.81 bits per heavy atom. The second-order valence-electron chi connectivity index (χ2n) is 6.78. The summed E-state index contributed by atoms with van der Waals surface area (Å²) in [4.78, 5) is 15.2. The predicted molar refractivity (Wildman–Crippen MR) is 119 cm³/mol. The first-order valence-electron chi connectivity index (χ1n) is 9.61. The molecule has 164 valence electrons. The van der Waals surface area contributed by atoms with E-state index in [0.717, 1.165) is 4.88 Å². The van der Waals surface area contributed by atoms with Crippen LogP contribution in [0.2, 0.25) is 0 Å². The van der Waals surface area contributed by atoms with E-state index in [-0.39, 0.29) is 23.2 Å². The molecule has 1 amide bonds. The monoisotopic (exact) mass is 462 g/mol. The van der Waals surface area contributed by atoms with Crippen LogP contribution in [0.4, 0.5) is 4.39 Å². The zero-order valence-electron chi connectivity index (χ0n) is 17.0. The van der Waals surface area contributed by atoms with Gasteiger partial charge < -0.3 is 9.64 Å². The summed E-state index contributed by atoms with van der Waals surface area (Å²) in [5, 5.41) is 1.95. The molecule has 3 rings (SSSR count). The van der Waals surface area contributed by atoms with Gasteiger partial charge in [0.25, 0.3) is 5.91 Å². The maximum absolute atomic E-state index is 12.9. The van der Waals surface area contributed by atoms with Gasteiger partial charge >= 0.3 is 0 Å². The number of hydrogen-bond acceptors (Lipinski definition) is 5. The molecule has 1 heterocycles. The summed E-state index contributed by atoms with van der Waals surface area (Å²) in [6.07, 6.45) is 0.623. The SMILES string of the molecule is CN(CCOc1ccc(F)cc1)C(=O)c1ccc(S(=O)(=O)NCCc2cccs2)cc1.